The molecule has 5 heteroatoms. The smallest absolute Gasteiger partial charge is 0.224 e. The molecule has 4 rings (SSSR count). The zero-order valence-corrected chi connectivity index (χ0v) is 15.1. The van der Waals surface area contributed by atoms with Crippen molar-refractivity contribution in [2.45, 2.75) is 51.0 Å². The number of rotatable bonds is 4. The highest BCUT2D eigenvalue weighted by molar-refractivity contribution is 6.30. The third-order valence-electron chi connectivity index (χ3n) is 5.77. The van der Waals surface area contributed by atoms with Crippen molar-refractivity contribution in [1.29, 1.82) is 0 Å². The molecule has 2 N–H and O–H groups in total. The molecule has 1 heterocycles. The van der Waals surface area contributed by atoms with Gasteiger partial charge in [0.25, 0.3) is 0 Å². The standard InChI is InChI=1S/C20H24ClN3O/c21-17-7-3-6-14(10-17)19(13-4-1-2-5-13)23-20(25)15-8-9-16-12-22-24-18(16)11-15/h3,6-7,10,12-13,15,19H,1-2,4-5,8-9,11H2,(H,22,24)(H,23,25)/t15?,19-/m0/s1. The lowest BCUT2D eigenvalue weighted by Gasteiger charge is -2.29. The molecule has 2 aromatic rings. The Balaban J connectivity index is 1.51. The molecule has 2 atom stereocenters. The third kappa shape index (κ3) is 3.59. The Labute approximate surface area is 153 Å². The zero-order valence-electron chi connectivity index (χ0n) is 14.3. The average Bonchev–Trinajstić information content (AvgIpc) is 3.30. The van der Waals surface area contributed by atoms with Gasteiger partial charge in [-0.2, -0.15) is 5.10 Å². The molecule has 1 saturated carbocycles. The maximum atomic E-state index is 13.0. The number of aromatic nitrogens is 2. The monoisotopic (exact) mass is 357 g/mol. The van der Waals surface area contributed by atoms with Gasteiger partial charge in [0.05, 0.1) is 12.2 Å². The van der Waals surface area contributed by atoms with Gasteiger partial charge in [-0.05, 0) is 54.9 Å². The Bertz CT molecular complexity index is 751. The van der Waals surface area contributed by atoms with Gasteiger partial charge < -0.3 is 5.32 Å². The number of hydrogen-bond acceptors (Lipinski definition) is 2. The van der Waals surface area contributed by atoms with Crippen LogP contribution in [0.3, 0.4) is 0 Å². The van der Waals surface area contributed by atoms with Crippen LogP contribution in [0.1, 0.15) is 55.0 Å². The Kier molecular flexibility index (Phi) is 4.80. The lowest BCUT2D eigenvalue weighted by atomic mass is 9.86. The average molecular weight is 358 g/mol. The second-order valence-corrected chi connectivity index (χ2v) is 7.84. The van der Waals surface area contributed by atoms with E-state index < -0.39 is 0 Å². The van der Waals surface area contributed by atoms with Crippen molar-refractivity contribution in [3.05, 3.63) is 52.3 Å². The SMILES string of the molecule is O=C(N[C@H](c1cccc(Cl)c1)C1CCCC1)C1CCc2cn[nH]c2C1. The lowest BCUT2D eigenvalue weighted by molar-refractivity contribution is -0.126. The summed E-state index contributed by atoms with van der Waals surface area (Å²) in [6, 6.07) is 8.02. The molecule has 132 valence electrons. The number of aromatic amines is 1. The van der Waals surface area contributed by atoms with Crippen molar-refractivity contribution in [3.63, 3.8) is 0 Å². The number of hydrogen-bond donors (Lipinski definition) is 2. The van der Waals surface area contributed by atoms with Gasteiger partial charge in [0.2, 0.25) is 5.91 Å². The van der Waals surface area contributed by atoms with Crippen LogP contribution < -0.4 is 5.32 Å². The normalized spacial score (nSPS) is 21.7. The van der Waals surface area contributed by atoms with Gasteiger partial charge >= 0.3 is 0 Å². The number of fused-ring (bicyclic) bond motifs is 1. The number of carbonyl (C=O) groups excluding carboxylic acids is 1. The van der Waals surface area contributed by atoms with Gasteiger partial charge in [-0.25, -0.2) is 0 Å². The Hall–Kier alpha value is -1.81. The molecule has 0 aliphatic heterocycles. The molecule has 1 amide bonds. The molecule has 0 spiro atoms. The fourth-order valence-corrected chi connectivity index (χ4v) is 4.57. The highest BCUT2D eigenvalue weighted by Crippen LogP contribution is 2.37. The van der Waals surface area contributed by atoms with E-state index in [4.69, 9.17) is 11.6 Å². The number of benzene rings is 1. The van der Waals surface area contributed by atoms with Crippen molar-refractivity contribution >= 4 is 17.5 Å². The number of nitrogens with zero attached hydrogens (tertiary/aromatic N) is 1. The molecule has 0 radical (unpaired) electrons. The fraction of sp³-hybridized carbons (Fsp3) is 0.500. The van der Waals surface area contributed by atoms with Gasteiger partial charge in [0.1, 0.15) is 0 Å². The molecular formula is C20H24ClN3O. The Morgan fingerprint density at radius 3 is 2.92 bits per heavy atom. The summed E-state index contributed by atoms with van der Waals surface area (Å²) in [5.74, 6) is 0.696. The predicted molar refractivity (Wildman–Crippen MR) is 98.4 cm³/mol. The van der Waals surface area contributed by atoms with E-state index in [2.05, 4.69) is 21.6 Å². The zero-order chi connectivity index (χ0) is 17.2. The number of carbonyl (C=O) groups is 1. The van der Waals surface area contributed by atoms with Crippen LogP contribution in [0.5, 0.6) is 0 Å². The lowest BCUT2D eigenvalue weighted by Crippen LogP contribution is -2.39. The van der Waals surface area contributed by atoms with Crippen molar-refractivity contribution in [3.8, 4) is 0 Å². The first-order chi connectivity index (χ1) is 12.2. The Morgan fingerprint density at radius 2 is 2.12 bits per heavy atom. The van der Waals surface area contributed by atoms with Crippen LogP contribution in [0, 0.1) is 11.8 Å². The fourth-order valence-electron chi connectivity index (χ4n) is 4.37. The number of amides is 1. The van der Waals surface area contributed by atoms with Crippen LogP contribution in [0.4, 0.5) is 0 Å². The summed E-state index contributed by atoms with van der Waals surface area (Å²) < 4.78 is 0. The Morgan fingerprint density at radius 1 is 1.28 bits per heavy atom. The van der Waals surface area contributed by atoms with Crippen LogP contribution in [-0.2, 0) is 17.6 Å². The summed E-state index contributed by atoms with van der Waals surface area (Å²) in [7, 11) is 0. The molecule has 1 aromatic carbocycles. The van der Waals surface area contributed by atoms with E-state index >= 15 is 0 Å². The minimum atomic E-state index is 0.0241. The van der Waals surface area contributed by atoms with Gasteiger partial charge in [-0.1, -0.05) is 36.6 Å². The molecule has 25 heavy (non-hydrogen) atoms. The van der Waals surface area contributed by atoms with Gasteiger partial charge in [0, 0.05) is 23.1 Å². The van der Waals surface area contributed by atoms with Crippen LogP contribution >= 0.6 is 11.6 Å². The number of halogens is 1. The third-order valence-corrected chi connectivity index (χ3v) is 6.00. The van der Waals surface area contributed by atoms with Gasteiger partial charge in [-0.3, -0.25) is 9.89 Å². The largest absolute Gasteiger partial charge is 0.349 e. The maximum absolute atomic E-state index is 13.0. The van der Waals surface area contributed by atoms with Crippen LogP contribution in [0.25, 0.3) is 0 Å². The minimum absolute atomic E-state index is 0.0241. The first kappa shape index (κ1) is 16.6. The van der Waals surface area contributed by atoms with Crippen LogP contribution in [0.2, 0.25) is 5.02 Å². The van der Waals surface area contributed by atoms with E-state index in [0.717, 1.165) is 35.5 Å². The molecule has 4 nitrogen and oxygen atoms in total. The molecular weight excluding hydrogens is 334 g/mol. The first-order valence-electron chi connectivity index (χ1n) is 9.27. The predicted octanol–water partition coefficient (Wildman–Crippen LogP) is 4.22. The second kappa shape index (κ2) is 7.20. The molecule has 1 aromatic heterocycles. The van der Waals surface area contributed by atoms with Gasteiger partial charge in [0.15, 0.2) is 0 Å². The van der Waals surface area contributed by atoms with E-state index in [1.54, 1.807) is 0 Å². The molecule has 0 saturated heterocycles. The summed E-state index contributed by atoms with van der Waals surface area (Å²) >= 11 is 6.20. The van der Waals surface area contributed by atoms with Crippen molar-refractivity contribution in [1.82, 2.24) is 15.5 Å². The van der Waals surface area contributed by atoms with E-state index in [1.165, 1.54) is 31.2 Å². The van der Waals surface area contributed by atoms with Crippen LogP contribution in [0.15, 0.2) is 30.5 Å². The summed E-state index contributed by atoms with van der Waals surface area (Å²) in [6.07, 6.45) is 9.31. The minimum Gasteiger partial charge on any atom is -0.349 e. The molecule has 2 aliphatic rings. The van der Waals surface area contributed by atoms with Crippen LogP contribution in [-0.4, -0.2) is 16.1 Å². The topological polar surface area (TPSA) is 57.8 Å². The van der Waals surface area contributed by atoms with Gasteiger partial charge in [-0.15, -0.1) is 0 Å². The van der Waals surface area contributed by atoms with Crippen molar-refractivity contribution < 1.29 is 4.79 Å². The first-order valence-corrected chi connectivity index (χ1v) is 9.65. The highest BCUT2D eigenvalue weighted by Gasteiger charge is 2.32. The summed E-state index contributed by atoms with van der Waals surface area (Å²) in [6.45, 7) is 0. The number of H-pyrrole nitrogens is 1. The van der Waals surface area contributed by atoms with Crippen molar-refractivity contribution in [2.75, 3.05) is 0 Å². The van der Waals surface area contributed by atoms with E-state index in [0.29, 0.717) is 5.92 Å². The quantitative estimate of drug-likeness (QED) is 0.860. The van der Waals surface area contributed by atoms with Crippen molar-refractivity contribution in [2.24, 2.45) is 11.8 Å². The second-order valence-electron chi connectivity index (χ2n) is 7.40. The molecule has 1 unspecified atom stereocenters. The van der Waals surface area contributed by atoms with E-state index in [9.17, 15) is 4.79 Å². The molecule has 1 fully saturated rings. The highest BCUT2D eigenvalue weighted by atomic mass is 35.5. The maximum Gasteiger partial charge on any atom is 0.224 e. The van der Waals surface area contributed by atoms with E-state index in [1.807, 2.05) is 24.4 Å². The summed E-state index contributed by atoms with van der Waals surface area (Å²) in [4.78, 5) is 13.0. The molecule has 0 bridgehead atoms. The van der Waals surface area contributed by atoms with E-state index in [-0.39, 0.29) is 17.9 Å². The number of nitrogens with one attached hydrogen (secondary N) is 2. The summed E-state index contributed by atoms with van der Waals surface area (Å²) in [5, 5.41) is 11.2. The number of aryl methyl sites for hydroxylation is 1. The molecule has 2 aliphatic carbocycles. The summed E-state index contributed by atoms with van der Waals surface area (Å²) in [5.41, 5.74) is 3.50.